The minimum atomic E-state index is -1.31. The Balaban J connectivity index is 0.000000380. The van der Waals surface area contributed by atoms with Crippen LogP contribution in [0.4, 0.5) is 22.7 Å². The number of para-hydroxylation sites is 4. The molecule has 23 nitrogen and oxygen atoms in total. The van der Waals surface area contributed by atoms with Crippen molar-refractivity contribution in [2.45, 2.75) is 57.5 Å². The number of carbonyl (C=O) groups excluding carboxylic acids is 10. The van der Waals surface area contributed by atoms with Crippen molar-refractivity contribution in [2.24, 2.45) is 0 Å². The topological polar surface area (TPSA) is 319 Å². The van der Waals surface area contributed by atoms with E-state index >= 15 is 0 Å². The third-order valence-corrected chi connectivity index (χ3v) is 11.5. The van der Waals surface area contributed by atoms with Gasteiger partial charge in [-0.25, -0.2) is 0 Å². The molecule has 25 heteroatoms. The molecule has 4 aromatic rings. The molecule has 2 radical (unpaired) electrons. The van der Waals surface area contributed by atoms with E-state index in [-0.39, 0.29) is 144 Å². The van der Waals surface area contributed by atoms with Gasteiger partial charge in [0.15, 0.2) is 0 Å². The fraction of sp³-hybridized carbons (Fsp3) is 0.300. The molecule has 1 unspecified atom stereocenters. The van der Waals surface area contributed by atoms with Gasteiger partial charge in [-0.3, -0.25) is 57.7 Å². The van der Waals surface area contributed by atoms with Crippen LogP contribution >= 0.6 is 0 Å². The van der Waals surface area contributed by atoms with Gasteiger partial charge >= 0.3 is 11.9 Å². The van der Waals surface area contributed by atoms with Crippen LogP contribution in [0.3, 0.4) is 0 Å². The quantitative estimate of drug-likeness (QED) is 0.0606. The molecule has 1 saturated heterocycles. The average molecular weight is 1460 g/mol. The van der Waals surface area contributed by atoms with Gasteiger partial charge in [0.1, 0.15) is 50.8 Å². The van der Waals surface area contributed by atoms with Crippen molar-refractivity contribution in [2.75, 3.05) is 59.0 Å². The molecule has 8 amide bonds. The SMILES string of the molecule is C.CC1OC(=O)C[C@@H]1NC(=O)CN1C(=O)[C@@H](NC(=O)c2ccccc2)CN(C(=O)CO)c2ccccc21.O=C[C@H](CC(=O)O)NC(=O)CN1C(=O)[C@@H](NC(=O)c2ccccc2)CN(C(=O)CO)c2ccccc21.[Ac].[Ac]. The normalized spacial score (nSPS) is 17.8. The Bertz CT molecular complexity index is 2740. The Kier molecular flexibility index (Phi) is 25.3. The zero-order valence-electron chi connectivity index (χ0n) is 39.7. The summed E-state index contributed by atoms with van der Waals surface area (Å²) in [6.45, 7) is -1.62. The van der Waals surface area contributed by atoms with Crippen molar-refractivity contribution in [1.29, 1.82) is 0 Å². The second-order valence-electron chi connectivity index (χ2n) is 16.4. The number of carbonyl (C=O) groups is 11. The summed E-state index contributed by atoms with van der Waals surface area (Å²) in [5.41, 5.74) is 1.52. The van der Waals surface area contributed by atoms with Crippen molar-refractivity contribution < 1.29 is 161 Å². The van der Waals surface area contributed by atoms with Crippen LogP contribution in [0.1, 0.15) is 47.9 Å². The number of anilines is 4. The molecule has 5 atom stereocenters. The van der Waals surface area contributed by atoms with Crippen LogP contribution in [-0.2, 0) is 47.9 Å². The maximum Gasteiger partial charge on any atom is 0.308 e. The van der Waals surface area contributed by atoms with E-state index in [1.807, 2.05) is 0 Å². The molecular weight excluding hydrogens is 1410 g/mol. The number of hydrogen-bond donors (Lipinski definition) is 7. The fourth-order valence-electron chi connectivity index (χ4n) is 7.98. The van der Waals surface area contributed by atoms with Crippen LogP contribution in [0.25, 0.3) is 0 Å². The number of nitrogens with one attached hydrogen (secondary N) is 4. The van der Waals surface area contributed by atoms with Gasteiger partial charge in [-0.1, -0.05) is 68.1 Å². The zero-order chi connectivity index (χ0) is 52.1. The molecule has 0 aromatic heterocycles. The molecular formula is C50H54Ac2N8O15. The summed E-state index contributed by atoms with van der Waals surface area (Å²) in [4.78, 5) is 142. The van der Waals surface area contributed by atoms with Gasteiger partial charge in [0, 0.05) is 99.3 Å². The number of aldehydes is 1. The smallest absolute Gasteiger partial charge is 0.308 e. The third kappa shape index (κ3) is 16.5. The number of aliphatic carboxylic acids is 1. The first-order chi connectivity index (χ1) is 34.5. The Hall–Kier alpha value is -5.95. The molecule has 75 heavy (non-hydrogen) atoms. The molecule has 0 aliphatic carbocycles. The monoisotopic (exact) mass is 1460 g/mol. The fourth-order valence-corrected chi connectivity index (χ4v) is 7.98. The van der Waals surface area contributed by atoms with E-state index in [9.17, 15) is 63.0 Å². The number of nitrogens with zero attached hydrogens (tertiary/aromatic N) is 4. The molecule has 1 fully saturated rings. The Labute approximate surface area is 502 Å². The van der Waals surface area contributed by atoms with E-state index in [1.165, 1.54) is 34.1 Å². The first kappa shape index (κ1) is 63.3. The van der Waals surface area contributed by atoms with Crippen LogP contribution in [-0.4, -0.2) is 150 Å². The predicted molar refractivity (Wildman–Crippen MR) is 261 cm³/mol. The first-order valence-corrected chi connectivity index (χ1v) is 22.3. The van der Waals surface area contributed by atoms with E-state index in [2.05, 4.69) is 21.3 Å². The Morgan fingerprint density at radius 1 is 0.627 bits per heavy atom. The summed E-state index contributed by atoms with van der Waals surface area (Å²) < 4.78 is 5.07. The van der Waals surface area contributed by atoms with E-state index in [0.29, 0.717) is 11.3 Å². The van der Waals surface area contributed by atoms with Crippen LogP contribution in [0.2, 0.25) is 0 Å². The maximum atomic E-state index is 13.7. The van der Waals surface area contributed by atoms with E-state index in [4.69, 9.17) is 9.84 Å². The van der Waals surface area contributed by atoms with Crippen LogP contribution in [0, 0.1) is 88.1 Å². The zero-order valence-corrected chi connectivity index (χ0v) is 49.2. The number of esters is 1. The number of carboxylic acid groups (broad SMARTS) is 1. The molecule has 3 heterocycles. The van der Waals surface area contributed by atoms with Crippen molar-refractivity contribution >= 4 is 88.2 Å². The summed E-state index contributed by atoms with van der Waals surface area (Å²) in [5, 5.41) is 38.2. The van der Waals surface area contributed by atoms with Crippen molar-refractivity contribution in [3.63, 3.8) is 0 Å². The van der Waals surface area contributed by atoms with Gasteiger partial charge in [0.25, 0.3) is 35.4 Å². The molecule has 7 rings (SSSR count). The largest absolute Gasteiger partial charge is 0.481 e. The second kappa shape index (κ2) is 30.0. The number of aliphatic hydroxyl groups is 2. The van der Waals surface area contributed by atoms with Crippen molar-refractivity contribution in [1.82, 2.24) is 21.3 Å². The first-order valence-electron chi connectivity index (χ1n) is 22.3. The standard InChI is InChI=1S/C25H26N4O7.C24H24N4O8.CH4.2Ac/c1-15-17(11-23(33)36-15)26-21(31)13-29-20-10-6-5-9-19(20)28(22(32)14-30)12-18(25(29)35)27-24(34)16-7-3-2-4-8-16;29-13-16(10-22(33)34)25-20(31)12-28-19-9-5-4-8-18(19)27(21(32)14-30)11-17(24(28)36)26-23(35)15-6-2-1-3-7-15;;;/h2-10,15,17-18,30H,11-14H2,1H3,(H,26,31)(H,27,34);1-9,13,16-17,30H,10-12,14H2,(H,25,31)(H,26,35)(H,33,34);1H4;;/t15?,17-,18-;16-,17-;;;/m00.../s1. The average Bonchev–Trinajstić information content (AvgIpc) is 3.59. The minimum Gasteiger partial charge on any atom is -0.481 e. The van der Waals surface area contributed by atoms with Crippen LogP contribution in [0.15, 0.2) is 109 Å². The van der Waals surface area contributed by atoms with Gasteiger partial charge in [-0.15, -0.1) is 0 Å². The Morgan fingerprint density at radius 2 is 1.03 bits per heavy atom. The van der Waals surface area contributed by atoms with Gasteiger partial charge in [-0.2, -0.15) is 0 Å². The molecule has 390 valence electrons. The molecule has 3 aliphatic rings. The maximum absolute atomic E-state index is 13.7. The molecule has 4 aromatic carbocycles. The number of ether oxygens (including phenoxy) is 1. The molecule has 0 bridgehead atoms. The third-order valence-electron chi connectivity index (χ3n) is 11.5. The van der Waals surface area contributed by atoms with Gasteiger partial charge < -0.3 is 55.9 Å². The number of rotatable bonds is 15. The van der Waals surface area contributed by atoms with Gasteiger partial charge in [0.2, 0.25) is 11.8 Å². The Morgan fingerprint density at radius 3 is 1.40 bits per heavy atom. The number of hydrogen-bond acceptors (Lipinski definition) is 14. The minimum absolute atomic E-state index is 0. The molecule has 0 spiro atoms. The number of amides is 8. The second-order valence-corrected chi connectivity index (χ2v) is 16.4. The summed E-state index contributed by atoms with van der Waals surface area (Å²) in [6, 6.07) is 24.6. The van der Waals surface area contributed by atoms with Crippen LogP contribution < -0.4 is 40.9 Å². The number of fused-ring (bicyclic) bond motifs is 2. The molecule has 7 N–H and O–H groups in total. The summed E-state index contributed by atoms with van der Waals surface area (Å²) in [5.74, 6) is -6.96. The van der Waals surface area contributed by atoms with E-state index < -0.39 is 122 Å². The summed E-state index contributed by atoms with van der Waals surface area (Å²) in [7, 11) is 0. The number of cyclic esters (lactones) is 1. The van der Waals surface area contributed by atoms with E-state index in [0.717, 1.165) is 9.80 Å². The number of benzene rings is 4. The molecule has 0 saturated carbocycles. The number of carboxylic acids is 1. The van der Waals surface area contributed by atoms with Crippen LogP contribution in [0.5, 0.6) is 0 Å². The van der Waals surface area contributed by atoms with Gasteiger partial charge in [-0.05, 0) is 55.5 Å². The number of aliphatic hydroxyl groups excluding tert-OH is 2. The summed E-state index contributed by atoms with van der Waals surface area (Å²) in [6.07, 6.45) is -0.862. The van der Waals surface area contributed by atoms with Gasteiger partial charge in [0.05, 0.1) is 60.8 Å². The van der Waals surface area contributed by atoms with E-state index in [1.54, 1.807) is 91.9 Å². The van der Waals surface area contributed by atoms with Crippen molar-refractivity contribution in [3.8, 4) is 0 Å². The van der Waals surface area contributed by atoms with Crippen molar-refractivity contribution in [3.05, 3.63) is 120 Å². The summed E-state index contributed by atoms with van der Waals surface area (Å²) >= 11 is 0. The molecule has 3 aliphatic heterocycles. The predicted octanol–water partition coefficient (Wildman–Crippen LogP) is -0.0711.